The average molecular weight is 553 g/mol. The molecule has 1 heterocycles. The van der Waals surface area contributed by atoms with Gasteiger partial charge in [0.25, 0.3) is 0 Å². The summed E-state index contributed by atoms with van der Waals surface area (Å²) in [5.74, 6) is 0.333. The number of hydrogen-bond donors (Lipinski definition) is 3. The van der Waals surface area contributed by atoms with Crippen molar-refractivity contribution in [3.05, 3.63) is 77.1 Å². The Morgan fingerprint density at radius 3 is 2.66 bits per heavy atom. The summed E-state index contributed by atoms with van der Waals surface area (Å²) in [6.07, 6.45) is 3.89. The minimum Gasteiger partial charge on any atom is -0.362 e. The first-order valence-electron chi connectivity index (χ1n) is 12.9. The van der Waals surface area contributed by atoms with Crippen LogP contribution in [0.2, 0.25) is 5.02 Å². The molecule has 1 aliphatic heterocycles. The Morgan fingerprint density at radius 2 is 1.89 bits per heavy atom. The first-order chi connectivity index (χ1) is 18.4. The summed E-state index contributed by atoms with van der Waals surface area (Å²) in [6.45, 7) is 2.68. The molecule has 9 heteroatoms. The minimum atomic E-state index is -0.445. The lowest BCUT2D eigenvalue weighted by molar-refractivity contribution is -0.121. The van der Waals surface area contributed by atoms with Crippen LogP contribution in [0.4, 0.5) is 31.9 Å². The highest BCUT2D eigenvalue weighted by Crippen LogP contribution is 2.44. The van der Waals surface area contributed by atoms with Gasteiger partial charge >= 0.3 is 6.03 Å². The predicted molar refractivity (Wildman–Crippen MR) is 154 cm³/mol. The SMILES string of the molecule is CCSc1cc2c(cc1NC(=O)Nc1ccc(F)cc1)NC(=O)[C@@H]1CCCC[C@@H]1N2Cc1cccc(Cl)c1. The molecule has 0 unspecified atom stereocenters. The molecule has 1 saturated carbocycles. The van der Waals surface area contributed by atoms with Crippen molar-refractivity contribution in [1.82, 2.24) is 0 Å². The molecule has 1 fully saturated rings. The van der Waals surface area contributed by atoms with E-state index in [0.29, 0.717) is 28.6 Å². The Morgan fingerprint density at radius 1 is 1.11 bits per heavy atom. The van der Waals surface area contributed by atoms with Gasteiger partial charge in [0, 0.05) is 28.2 Å². The van der Waals surface area contributed by atoms with Gasteiger partial charge in [-0.05, 0) is 72.7 Å². The number of halogens is 2. The summed E-state index contributed by atoms with van der Waals surface area (Å²) in [5.41, 5.74) is 3.77. The fraction of sp³-hybridized carbons (Fsp3) is 0.310. The van der Waals surface area contributed by atoms with Crippen LogP contribution in [-0.4, -0.2) is 23.7 Å². The largest absolute Gasteiger partial charge is 0.362 e. The molecule has 0 spiro atoms. The molecule has 2 atom stereocenters. The van der Waals surface area contributed by atoms with E-state index in [1.165, 1.54) is 24.3 Å². The van der Waals surface area contributed by atoms with Gasteiger partial charge in [-0.25, -0.2) is 9.18 Å². The van der Waals surface area contributed by atoms with Gasteiger partial charge in [0.2, 0.25) is 5.91 Å². The maximum absolute atomic E-state index is 13.4. The summed E-state index contributed by atoms with van der Waals surface area (Å²) < 4.78 is 13.3. The van der Waals surface area contributed by atoms with Crippen LogP contribution in [0.3, 0.4) is 0 Å². The molecule has 5 rings (SSSR count). The van der Waals surface area contributed by atoms with E-state index < -0.39 is 6.03 Å². The number of fused-ring (bicyclic) bond motifs is 2. The lowest BCUT2D eigenvalue weighted by Gasteiger charge is -2.39. The standard InChI is InChI=1S/C29H30ClFN4O2S/c1-2-38-27-16-26-23(15-24(27)34-29(37)32-21-12-10-20(31)11-13-21)33-28(36)22-8-3-4-9-25(22)35(26)17-18-6-5-7-19(30)14-18/h5-7,10-16,22,25H,2-4,8-9,17H2,1H3,(H,33,36)(H2,32,34,37)/t22-,25+/m1/s1. The molecule has 198 valence electrons. The highest BCUT2D eigenvalue weighted by molar-refractivity contribution is 7.99. The summed E-state index contributed by atoms with van der Waals surface area (Å²) in [4.78, 5) is 29.5. The van der Waals surface area contributed by atoms with Crippen molar-refractivity contribution in [1.29, 1.82) is 0 Å². The van der Waals surface area contributed by atoms with E-state index in [-0.39, 0.29) is 23.7 Å². The zero-order valence-corrected chi connectivity index (χ0v) is 22.7. The second-order valence-electron chi connectivity index (χ2n) is 9.59. The number of anilines is 4. The van der Waals surface area contributed by atoms with Gasteiger partial charge in [-0.3, -0.25) is 4.79 Å². The first-order valence-corrected chi connectivity index (χ1v) is 14.2. The van der Waals surface area contributed by atoms with Crippen molar-refractivity contribution in [2.75, 3.05) is 26.6 Å². The highest BCUT2D eigenvalue weighted by Gasteiger charge is 2.39. The van der Waals surface area contributed by atoms with E-state index >= 15 is 0 Å². The number of amides is 3. The van der Waals surface area contributed by atoms with Crippen molar-refractivity contribution >= 4 is 58.1 Å². The maximum atomic E-state index is 13.4. The topological polar surface area (TPSA) is 73.5 Å². The summed E-state index contributed by atoms with van der Waals surface area (Å²) in [5, 5.41) is 9.51. The fourth-order valence-corrected chi connectivity index (χ4v) is 6.31. The van der Waals surface area contributed by atoms with E-state index in [9.17, 15) is 14.0 Å². The number of hydrogen-bond acceptors (Lipinski definition) is 4. The molecule has 3 N–H and O–H groups in total. The van der Waals surface area contributed by atoms with Crippen molar-refractivity contribution in [2.24, 2.45) is 5.92 Å². The third kappa shape index (κ3) is 5.92. The van der Waals surface area contributed by atoms with Crippen LogP contribution >= 0.6 is 23.4 Å². The van der Waals surface area contributed by atoms with Crippen LogP contribution in [0.15, 0.2) is 65.6 Å². The van der Waals surface area contributed by atoms with Crippen LogP contribution in [0, 0.1) is 11.7 Å². The normalized spacial score (nSPS) is 18.6. The van der Waals surface area contributed by atoms with Gasteiger partial charge < -0.3 is 20.9 Å². The monoisotopic (exact) mass is 552 g/mol. The van der Waals surface area contributed by atoms with Crippen molar-refractivity contribution < 1.29 is 14.0 Å². The Bertz CT molecular complexity index is 1340. The van der Waals surface area contributed by atoms with Gasteiger partial charge in [0.1, 0.15) is 5.82 Å². The van der Waals surface area contributed by atoms with Gasteiger partial charge in [-0.15, -0.1) is 11.8 Å². The molecule has 3 amide bonds. The number of nitrogens with zero attached hydrogens (tertiary/aromatic N) is 1. The molecular formula is C29H30ClFN4O2S. The van der Waals surface area contributed by atoms with Gasteiger partial charge in [-0.2, -0.15) is 0 Å². The number of carbonyl (C=O) groups is 2. The van der Waals surface area contributed by atoms with E-state index in [1.807, 2.05) is 24.3 Å². The van der Waals surface area contributed by atoms with Gasteiger partial charge in [-0.1, -0.05) is 43.5 Å². The van der Waals surface area contributed by atoms with Crippen molar-refractivity contribution in [3.63, 3.8) is 0 Å². The predicted octanol–water partition coefficient (Wildman–Crippen LogP) is 7.75. The van der Waals surface area contributed by atoms with E-state index in [0.717, 1.165) is 47.6 Å². The lowest BCUT2D eigenvalue weighted by atomic mass is 9.83. The number of carbonyl (C=O) groups excluding carboxylic acids is 2. The zero-order chi connectivity index (χ0) is 26.6. The fourth-order valence-electron chi connectivity index (χ4n) is 5.33. The molecular weight excluding hydrogens is 523 g/mol. The number of thioether (sulfide) groups is 1. The first kappa shape index (κ1) is 26.4. The second kappa shape index (κ2) is 11.7. The Hall–Kier alpha value is -3.23. The van der Waals surface area contributed by atoms with Crippen LogP contribution in [0.25, 0.3) is 0 Å². The van der Waals surface area contributed by atoms with Crippen LogP contribution in [0.5, 0.6) is 0 Å². The molecule has 1 aliphatic carbocycles. The summed E-state index contributed by atoms with van der Waals surface area (Å²) >= 11 is 7.92. The molecule has 3 aromatic carbocycles. The Kier molecular flexibility index (Phi) is 8.09. The van der Waals surface area contributed by atoms with Crippen LogP contribution in [-0.2, 0) is 11.3 Å². The molecule has 38 heavy (non-hydrogen) atoms. The molecule has 0 bridgehead atoms. The minimum absolute atomic E-state index is 0.0159. The number of urea groups is 1. The maximum Gasteiger partial charge on any atom is 0.323 e. The molecule has 6 nitrogen and oxygen atoms in total. The van der Waals surface area contributed by atoms with E-state index in [4.69, 9.17) is 11.6 Å². The zero-order valence-electron chi connectivity index (χ0n) is 21.1. The number of benzene rings is 3. The van der Waals surface area contributed by atoms with Crippen LogP contribution in [0.1, 0.15) is 38.2 Å². The van der Waals surface area contributed by atoms with Gasteiger partial charge in [0.15, 0.2) is 0 Å². The van der Waals surface area contributed by atoms with Gasteiger partial charge in [0.05, 0.1) is 23.0 Å². The molecule has 0 aromatic heterocycles. The molecule has 0 radical (unpaired) electrons. The molecule has 3 aromatic rings. The van der Waals surface area contributed by atoms with Crippen molar-refractivity contribution in [2.45, 2.75) is 50.1 Å². The summed E-state index contributed by atoms with van der Waals surface area (Å²) in [7, 11) is 0. The lowest BCUT2D eigenvalue weighted by Crippen LogP contribution is -2.44. The third-order valence-electron chi connectivity index (χ3n) is 7.02. The second-order valence-corrected chi connectivity index (χ2v) is 11.3. The van der Waals surface area contributed by atoms with Crippen molar-refractivity contribution in [3.8, 4) is 0 Å². The Labute approximate surface area is 231 Å². The summed E-state index contributed by atoms with van der Waals surface area (Å²) in [6, 6.07) is 17.0. The Balaban J connectivity index is 1.51. The van der Waals surface area contributed by atoms with Crippen LogP contribution < -0.4 is 20.9 Å². The number of rotatable bonds is 6. The quantitative estimate of drug-likeness (QED) is 0.273. The van der Waals surface area contributed by atoms with E-state index in [1.54, 1.807) is 11.8 Å². The average Bonchev–Trinajstić information content (AvgIpc) is 3.00. The molecule has 2 aliphatic rings. The number of nitrogens with one attached hydrogen (secondary N) is 3. The molecule has 0 saturated heterocycles. The van der Waals surface area contributed by atoms with E-state index in [2.05, 4.69) is 39.9 Å². The smallest absolute Gasteiger partial charge is 0.323 e. The third-order valence-corrected chi connectivity index (χ3v) is 8.20. The highest BCUT2D eigenvalue weighted by atomic mass is 35.5.